The van der Waals surface area contributed by atoms with Gasteiger partial charge in [-0.2, -0.15) is 0 Å². The zero-order valence-corrected chi connectivity index (χ0v) is 8.76. The van der Waals surface area contributed by atoms with E-state index in [4.69, 9.17) is 9.84 Å². The second-order valence-corrected chi connectivity index (χ2v) is 3.41. The van der Waals surface area contributed by atoms with Crippen molar-refractivity contribution < 1.29 is 14.6 Å². The van der Waals surface area contributed by atoms with Gasteiger partial charge in [0.25, 0.3) is 0 Å². The van der Waals surface area contributed by atoms with Gasteiger partial charge in [0.1, 0.15) is 5.76 Å². The van der Waals surface area contributed by atoms with Crippen LogP contribution in [-0.2, 0) is 9.53 Å². The molecule has 3 heteroatoms. The van der Waals surface area contributed by atoms with Crippen molar-refractivity contribution in [3.8, 4) is 0 Å². The fraction of sp³-hybridized carbons (Fsp3) is 0.700. The summed E-state index contributed by atoms with van der Waals surface area (Å²) >= 11 is 0. The van der Waals surface area contributed by atoms with Gasteiger partial charge in [-0.05, 0) is 12.8 Å². The molecule has 3 nitrogen and oxygen atoms in total. The maximum atomic E-state index is 10.6. The number of hydrogen-bond donors (Lipinski definition) is 1. The number of carboxylic acids is 1. The van der Waals surface area contributed by atoms with Crippen LogP contribution in [0.2, 0.25) is 0 Å². The molecule has 0 fully saturated rings. The van der Waals surface area contributed by atoms with Crippen molar-refractivity contribution in [3.05, 3.63) is 11.3 Å². The van der Waals surface area contributed by atoms with Crippen LogP contribution in [0, 0.1) is 5.92 Å². The minimum absolute atomic E-state index is 0.308. The Kier molecular flexibility index (Phi) is 5.19. The third-order valence-electron chi connectivity index (χ3n) is 1.65. The highest BCUT2D eigenvalue weighted by Crippen LogP contribution is 2.11. The summed E-state index contributed by atoms with van der Waals surface area (Å²) in [5, 5.41) is 8.71. The van der Waals surface area contributed by atoms with Gasteiger partial charge in [-0.1, -0.05) is 20.8 Å². The van der Waals surface area contributed by atoms with E-state index < -0.39 is 5.97 Å². The molecule has 0 aromatic rings. The monoisotopic (exact) mass is 186 g/mol. The molecule has 0 amide bonds. The highest BCUT2D eigenvalue weighted by molar-refractivity contribution is 5.86. The minimum atomic E-state index is -0.902. The summed E-state index contributed by atoms with van der Waals surface area (Å²) in [6.07, 6.45) is 0.630. The summed E-state index contributed by atoms with van der Waals surface area (Å²) in [6.45, 7) is 8.10. The molecule has 0 saturated carbocycles. The number of carbonyl (C=O) groups is 1. The smallest absolute Gasteiger partial charge is 0.334 e. The topological polar surface area (TPSA) is 46.5 Å². The van der Waals surface area contributed by atoms with Crippen LogP contribution in [-0.4, -0.2) is 17.7 Å². The van der Waals surface area contributed by atoms with Gasteiger partial charge in [0, 0.05) is 6.42 Å². The Morgan fingerprint density at radius 3 is 2.31 bits per heavy atom. The summed E-state index contributed by atoms with van der Waals surface area (Å²) in [4.78, 5) is 10.6. The van der Waals surface area contributed by atoms with Crippen LogP contribution in [0.15, 0.2) is 11.3 Å². The molecular formula is C10H18O3. The van der Waals surface area contributed by atoms with Gasteiger partial charge in [-0.15, -0.1) is 0 Å². The van der Waals surface area contributed by atoms with Crippen molar-refractivity contribution in [2.24, 2.45) is 5.92 Å². The zero-order chi connectivity index (χ0) is 10.4. The summed E-state index contributed by atoms with van der Waals surface area (Å²) in [5.74, 6) is 0.102. The molecular weight excluding hydrogens is 168 g/mol. The predicted octanol–water partition coefficient (Wildman–Crippen LogP) is 2.43. The van der Waals surface area contributed by atoms with Gasteiger partial charge >= 0.3 is 5.97 Å². The first kappa shape index (κ1) is 12.0. The lowest BCUT2D eigenvalue weighted by Crippen LogP contribution is -2.07. The standard InChI is InChI=1S/C10H18O3/c1-5-9(8(4)10(11)12)13-6-7(2)3/h7H,5-6H2,1-4H3,(H,11,12)/b9-8+. The first-order valence-electron chi connectivity index (χ1n) is 4.54. The minimum Gasteiger partial charge on any atom is -0.497 e. The number of allylic oxidation sites excluding steroid dienone is 1. The van der Waals surface area contributed by atoms with Crippen molar-refractivity contribution in [1.82, 2.24) is 0 Å². The second-order valence-electron chi connectivity index (χ2n) is 3.41. The molecule has 0 bridgehead atoms. The van der Waals surface area contributed by atoms with Gasteiger partial charge in [0.2, 0.25) is 0 Å². The molecule has 0 unspecified atom stereocenters. The van der Waals surface area contributed by atoms with Gasteiger partial charge in [-0.25, -0.2) is 4.79 Å². The van der Waals surface area contributed by atoms with E-state index in [1.165, 1.54) is 0 Å². The molecule has 0 heterocycles. The van der Waals surface area contributed by atoms with Crippen molar-refractivity contribution in [3.63, 3.8) is 0 Å². The average Bonchev–Trinajstić information content (AvgIpc) is 2.04. The van der Waals surface area contributed by atoms with Crippen molar-refractivity contribution in [2.45, 2.75) is 34.1 Å². The van der Waals surface area contributed by atoms with E-state index >= 15 is 0 Å². The molecule has 13 heavy (non-hydrogen) atoms. The lowest BCUT2D eigenvalue weighted by Gasteiger charge is -2.12. The number of ether oxygens (including phenoxy) is 1. The van der Waals surface area contributed by atoms with E-state index in [2.05, 4.69) is 0 Å². The van der Waals surface area contributed by atoms with Gasteiger partial charge in [-0.3, -0.25) is 0 Å². The summed E-state index contributed by atoms with van der Waals surface area (Å²) in [5.41, 5.74) is 0.308. The highest BCUT2D eigenvalue weighted by Gasteiger charge is 2.09. The number of carboxylic acid groups (broad SMARTS) is 1. The third-order valence-corrected chi connectivity index (χ3v) is 1.65. The molecule has 0 atom stereocenters. The van der Waals surface area contributed by atoms with Gasteiger partial charge in [0.05, 0.1) is 12.2 Å². The lowest BCUT2D eigenvalue weighted by molar-refractivity contribution is -0.132. The molecule has 0 aliphatic rings. The van der Waals surface area contributed by atoms with Crippen molar-refractivity contribution in [1.29, 1.82) is 0 Å². The van der Waals surface area contributed by atoms with Crippen LogP contribution in [0.25, 0.3) is 0 Å². The second kappa shape index (κ2) is 5.62. The maximum absolute atomic E-state index is 10.6. The van der Waals surface area contributed by atoms with Crippen LogP contribution >= 0.6 is 0 Å². The Hall–Kier alpha value is -0.990. The van der Waals surface area contributed by atoms with Gasteiger partial charge < -0.3 is 9.84 Å². The highest BCUT2D eigenvalue weighted by atomic mass is 16.5. The van der Waals surface area contributed by atoms with Crippen molar-refractivity contribution in [2.75, 3.05) is 6.61 Å². The molecule has 0 aliphatic carbocycles. The van der Waals surface area contributed by atoms with Crippen LogP contribution in [0.4, 0.5) is 0 Å². The van der Waals surface area contributed by atoms with E-state index in [1.807, 2.05) is 20.8 Å². The zero-order valence-electron chi connectivity index (χ0n) is 8.76. The van der Waals surface area contributed by atoms with E-state index in [1.54, 1.807) is 6.92 Å². The van der Waals surface area contributed by atoms with Crippen LogP contribution in [0.3, 0.4) is 0 Å². The first-order chi connectivity index (χ1) is 5.99. The SMILES string of the molecule is CC/C(OCC(C)C)=C(/C)C(=O)O. The average molecular weight is 186 g/mol. The fourth-order valence-electron chi connectivity index (χ4n) is 0.862. The van der Waals surface area contributed by atoms with E-state index in [0.29, 0.717) is 30.3 Å². The Morgan fingerprint density at radius 1 is 1.46 bits per heavy atom. The van der Waals surface area contributed by atoms with Gasteiger partial charge in [0.15, 0.2) is 0 Å². The molecule has 0 aromatic carbocycles. The quantitative estimate of drug-likeness (QED) is 0.530. The Balaban J connectivity index is 4.32. The Morgan fingerprint density at radius 2 is 2.00 bits per heavy atom. The molecule has 0 aromatic heterocycles. The van der Waals surface area contributed by atoms with Crippen molar-refractivity contribution >= 4 is 5.97 Å². The summed E-state index contributed by atoms with van der Waals surface area (Å²) in [6, 6.07) is 0. The normalized spacial score (nSPS) is 12.7. The number of rotatable bonds is 5. The van der Waals surface area contributed by atoms with Crippen LogP contribution in [0.5, 0.6) is 0 Å². The van der Waals surface area contributed by atoms with E-state index in [0.717, 1.165) is 0 Å². The first-order valence-corrected chi connectivity index (χ1v) is 4.54. The molecule has 0 spiro atoms. The predicted molar refractivity (Wildman–Crippen MR) is 51.4 cm³/mol. The Bertz CT molecular complexity index is 204. The summed E-state index contributed by atoms with van der Waals surface area (Å²) < 4.78 is 5.37. The molecule has 0 radical (unpaired) electrons. The molecule has 76 valence electrons. The molecule has 0 saturated heterocycles. The largest absolute Gasteiger partial charge is 0.497 e. The maximum Gasteiger partial charge on any atom is 0.334 e. The number of hydrogen-bond acceptors (Lipinski definition) is 2. The molecule has 0 aliphatic heterocycles. The van der Waals surface area contributed by atoms with Crippen LogP contribution < -0.4 is 0 Å². The number of aliphatic carboxylic acids is 1. The Labute approximate surface area is 79.4 Å². The van der Waals surface area contributed by atoms with Crippen LogP contribution in [0.1, 0.15) is 34.1 Å². The third kappa shape index (κ3) is 4.55. The summed E-state index contributed by atoms with van der Waals surface area (Å²) in [7, 11) is 0. The molecule has 1 N–H and O–H groups in total. The van der Waals surface area contributed by atoms with E-state index in [9.17, 15) is 4.79 Å². The van der Waals surface area contributed by atoms with E-state index in [-0.39, 0.29) is 0 Å². The fourth-order valence-corrected chi connectivity index (χ4v) is 0.862. The molecule has 0 rings (SSSR count). The lowest BCUT2D eigenvalue weighted by atomic mass is 10.2.